The van der Waals surface area contributed by atoms with Crippen LogP contribution in [0.5, 0.6) is 0 Å². The van der Waals surface area contributed by atoms with E-state index in [2.05, 4.69) is 21.0 Å². The summed E-state index contributed by atoms with van der Waals surface area (Å²) in [5.74, 6) is -0.709. The minimum Gasteiger partial charge on any atom is -0.287 e. The van der Waals surface area contributed by atoms with Crippen LogP contribution in [0.3, 0.4) is 0 Å². The van der Waals surface area contributed by atoms with Gasteiger partial charge in [0.25, 0.3) is 0 Å². The number of nitrogens with zero attached hydrogens (tertiary/aromatic N) is 2. The number of ketones is 1. The van der Waals surface area contributed by atoms with Gasteiger partial charge in [-0.25, -0.2) is 4.39 Å². The molecule has 1 heterocycles. The van der Waals surface area contributed by atoms with E-state index in [-0.39, 0.29) is 10.3 Å². The molecule has 0 saturated heterocycles. The molecule has 0 aliphatic rings. The first-order valence-corrected chi connectivity index (χ1v) is 5.37. The van der Waals surface area contributed by atoms with Crippen molar-refractivity contribution < 1.29 is 9.18 Å². The summed E-state index contributed by atoms with van der Waals surface area (Å²) in [5.41, 5.74) is 0.718. The van der Waals surface area contributed by atoms with Gasteiger partial charge in [-0.2, -0.15) is 5.10 Å². The zero-order valence-corrected chi connectivity index (χ0v) is 10.0. The van der Waals surface area contributed by atoms with Crippen molar-refractivity contribution >= 4 is 21.7 Å². The quantitative estimate of drug-likeness (QED) is 0.794. The van der Waals surface area contributed by atoms with Crippen molar-refractivity contribution in [3.8, 4) is 0 Å². The van der Waals surface area contributed by atoms with Gasteiger partial charge in [0.05, 0.1) is 4.47 Å². The Morgan fingerprint density at radius 1 is 1.44 bits per heavy atom. The molecule has 1 aromatic heterocycles. The van der Waals surface area contributed by atoms with Crippen LogP contribution in [0.15, 0.2) is 34.9 Å². The van der Waals surface area contributed by atoms with Crippen molar-refractivity contribution in [3.05, 3.63) is 52.0 Å². The predicted molar refractivity (Wildman–Crippen MR) is 60.7 cm³/mol. The molecule has 3 nitrogen and oxygen atoms in total. The van der Waals surface area contributed by atoms with E-state index >= 15 is 0 Å². The second kappa shape index (κ2) is 4.17. The van der Waals surface area contributed by atoms with Gasteiger partial charge in [-0.15, -0.1) is 0 Å². The van der Waals surface area contributed by atoms with Crippen molar-refractivity contribution in [3.63, 3.8) is 0 Å². The van der Waals surface area contributed by atoms with Crippen LogP contribution in [0.4, 0.5) is 4.39 Å². The maximum Gasteiger partial charge on any atom is 0.212 e. The van der Waals surface area contributed by atoms with Gasteiger partial charge < -0.3 is 0 Å². The van der Waals surface area contributed by atoms with Gasteiger partial charge in [0, 0.05) is 18.8 Å². The summed E-state index contributed by atoms with van der Waals surface area (Å²) in [6, 6.07) is 5.97. The lowest BCUT2D eigenvalue weighted by atomic mass is 10.1. The third-order valence-electron chi connectivity index (χ3n) is 2.25. The Kier molecular flexibility index (Phi) is 2.87. The van der Waals surface area contributed by atoms with Gasteiger partial charge in [0.15, 0.2) is 0 Å². The van der Waals surface area contributed by atoms with E-state index < -0.39 is 5.82 Å². The second-order valence-electron chi connectivity index (χ2n) is 3.27. The van der Waals surface area contributed by atoms with Crippen molar-refractivity contribution in [2.45, 2.75) is 0 Å². The van der Waals surface area contributed by atoms with Crippen LogP contribution in [-0.4, -0.2) is 15.6 Å². The SMILES string of the molecule is Cn1nccc1C(=O)c1cccc(F)c1Br. The van der Waals surface area contributed by atoms with Gasteiger partial charge in [0.1, 0.15) is 11.5 Å². The highest BCUT2D eigenvalue weighted by molar-refractivity contribution is 9.10. The van der Waals surface area contributed by atoms with Crippen LogP contribution in [0.25, 0.3) is 0 Å². The number of benzene rings is 1. The third kappa shape index (κ3) is 1.78. The van der Waals surface area contributed by atoms with E-state index in [1.807, 2.05) is 0 Å². The number of carbonyl (C=O) groups excluding carboxylic acids is 1. The first kappa shape index (κ1) is 11.0. The van der Waals surface area contributed by atoms with Crippen molar-refractivity contribution in [1.82, 2.24) is 9.78 Å². The zero-order valence-electron chi connectivity index (χ0n) is 8.45. The van der Waals surface area contributed by atoms with Gasteiger partial charge in [-0.1, -0.05) is 6.07 Å². The molecule has 0 fully saturated rings. The number of aryl methyl sites for hydroxylation is 1. The summed E-state index contributed by atoms with van der Waals surface area (Å²) in [6.45, 7) is 0. The minimum atomic E-state index is -0.451. The third-order valence-corrected chi connectivity index (χ3v) is 3.06. The molecular formula is C11H8BrFN2O. The largest absolute Gasteiger partial charge is 0.287 e. The van der Waals surface area contributed by atoms with Gasteiger partial charge >= 0.3 is 0 Å². The Morgan fingerprint density at radius 3 is 2.81 bits per heavy atom. The van der Waals surface area contributed by atoms with E-state index in [0.29, 0.717) is 11.3 Å². The number of hydrogen-bond donors (Lipinski definition) is 0. The van der Waals surface area contributed by atoms with E-state index in [0.717, 1.165) is 0 Å². The summed E-state index contributed by atoms with van der Waals surface area (Å²) in [6.07, 6.45) is 1.53. The van der Waals surface area contributed by atoms with Crippen LogP contribution >= 0.6 is 15.9 Å². The lowest BCUT2D eigenvalue weighted by Gasteiger charge is -2.04. The van der Waals surface area contributed by atoms with Gasteiger partial charge in [0.2, 0.25) is 5.78 Å². The number of carbonyl (C=O) groups is 1. The molecule has 0 bridgehead atoms. The molecule has 2 rings (SSSR count). The van der Waals surface area contributed by atoms with E-state index in [1.54, 1.807) is 19.2 Å². The van der Waals surface area contributed by atoms with E-state index in [9.17, 15) is 9.18 Å². The smallest absolute Gasteiger partial charge is 0.212 e. The van der Waals surface area contributed by atoms with Crippen LogP contribution in [0, 0.1) is 5.82 Å². The van der Waals surface area contributed by atoms with E-state index in [4.69, 9.17) is 0 Å². The summed E-state index contributed by atoms with van der Waals surface area (Å²) in [7, 11) is 1.67. The fraction of sp³-hybridized carbons (Fsp3) is 0.0909. The molecule has 0 atom stereocenters. The summed E-state index contributed by atoms with van der Waals surface area (Å²) >= 11 is 3.07. The molecule has 0 unspecified atom stereocenters. The lowest BCUT2D eigenvalue weighted by Crippen LogP contribution is -2.09. The van der Waals surface area contributed by atoms with E-state index in [1.165, 1.54) is 23.0 Å². The first-order chi connectivity index (χ1) is 7.61. The Labute approximate surface area is 100 Å². The molecule has 0 saturated carbocycles. The number of aromatic nitrogens is 2. The fourth-order valence-corrected chi connectivity index (χ4v) is 1.86. The molecule has 0 aliphatic heterocycles. The zero-order chi connectivity index (χ0) is 11.7. The molecule has 2 aromatic rings. The summed E-state index contributed by atoms with van der Waals surface area (Å²) < 4.78 is 14.9. The summed E-state index contributed by atoms with van der Waals surface area (Å²) in [5, 5.41) is 3.90. The molecule has 0 aliphatic carbocycles. The normalized spacial score (nSPS) is 10.4. The Bertz CT molecular complexity index is 551. The highest BCUT2D eigenvalue weighted by Crippen LogP contribution is 2.22. The van der Waals surface area contributed by atoms with Gasteiger partial charge in [-0.05, 0) is 34.1 Å². The molecule has 0 N–H and O–H groups in total. The second-order valence-corrected chi connectivity index (χ2v) is 4.06. The van der Waals surface area contributed by atoms with Crippen LogP contribution < -0.4 is 0 Å². The number of rotatable bonds is 2. The molecule has 0 amide bonds. The predicted octanol–water partition coefficient (Wildman–Crippen LogP) is 2.55. The van der Waals surface area contributed by atoms with Crippen molar-refractivity contribution in [1.29, 1.82) is 0 Å². The average molecular weight is 283 g/mol. The highest BCUT2D eigenvalue weighted by atomic mass is 79.9. The molecule has 82 valence electrons. The van der Waals surface area contributed by atoms with Crippen LogP contribution in [-0.2, 0) is 7.05 Å². The Balaban J connectivity index is 2.50. The standard InChI is InChI=1S/C11H8BrFN2O/c1-15-9(5-6-14-15)11(16)7-3-2-4-8(13)10(7)12/h2-6H,1H3. The number of hydrogen-bond acceptors (Lipinski definition) is 2. The topological polar surface area (TPSA) is 34.9 Å². The van der Waals surface area contributed by atoms with Gasteiger partial charge in [-0.3, -0.25) is 9.48 Å². The van der Waals surface area contributed by atoms with Crippen molar-refractivity contribution in [2.75, 3.05) is 0 Å². The molecule has 0 radical (unpaired) electrons. The molecule has 1 aromatic carbocycles. The van der Waals surface area contributed by atoms with Crippen LogP contribution in [0.1, 0.15) is 16.1 Å². The van der Waals surface area contributed by atoms with Crippen molar-refractivity contribution in [2.24, 2.45) is 7.05 Å². The number of halogens is 2. The Morgan fingerprint density at radius 2 is 2.19 bits per heavy atom. The monoisotopic (exact) mass is 282 g/mol. The molecule has 0 spiro atoms. The molecular weight excluding hydrogens is 275 g/mol. The maximum atomic E-state index is 13.3. The highest BCUT2D eigenvalue weighted by Gasteiger charge is 2.17. The molecule has 16 heavy (non-hydrogen) atoms. The lowest BCUT2D eigenvalue weighted by molar-refractivity contribution is 0.102. The Hall–Kier alpha value is -1.49. The first-order valence-electron chi connectivity index (χ1n) is 4.58. The maximum absolute atomic E-state index is 13.3. The van der Waals surface area contributed by atoms with Crippen LogP contribution in [0.2, 0.25) is 0 Å². The summed E-state index contributed by atoms with van der Waals surface area (Å²) in [4.78, 5) is 12.0. The molecule has 5 heteroatoms. The minimum absolute atomic E-state index is 0.182. The average Bonchev–Trinajstić information content (AvgIpc) is 2.68. The fourth-order valence-electron chi connectivity index (χ4n) is 1.41.